The first kappa shape index (κ1) is 11.7. The first-order chi connectivity index (χ1) is 7.43. The van der Waals surface area contributed by atoms with Gasteiger partial charge in [0, 0.05) is 12.5 Å². The van der Waals surface area contributed by atoms with E-state index >= 15 is 0 Å². The third-order valence-corrected chi connectivity index (χ3v) is 6.38. The van der Waals surface area contributed by atoms with E-state index < -0.39 is 21.2 Å². The molecule has 0 bridgehead atoms. The Morgan fingerprint density at radius 2 is 2.19 bits per heavy atom. The molecule has 16 heavy (non-hydrogen) atoms. The number of aliphatic hydroxyl groups excluding tert-OH is 1. The van der Waals surface area contributed by atoms with Crippen LogP contribution in [0.1, 0.15) is 19.3 Å². The fourth-order valence-corrected chi connectivity index (χ4v) is 5.38. The largest absolute Gasteiger partial charge is 0.393 e. The zero-order valence-corrected chi connectivity index (χ0v) is 9.70. The van der Waals surface area contributed by atoms with Crippen molar-refractivity contribution in [3.63, 3.8) is 0 Å². The van der Waals surface area contributed by atoms with Crippen LogP contribution in [0.25, 0.3) is 0 Å². The van der Waals surface area contributed by atoms with Crippen LogP contribution < -0.4 is 11.1 Å². The van der Waals surface area contributed by atoms with E-state index in [0.717, 1.165) is 0 Å². The summed E-state index contributed by atoms with van der Waals surface area (Å²) in [6.07, 6.45) is 1.14. The van der Waals surface area contributed by atoms with Gasteiger partial charge in [0.15, 0.2) is 15.8 Å². The molecule has 7 heteroatoms. The Bertz CT molecular complexity index is 395. The molecule has 0 spiro atoms. The van der Waals surface area contributed by atoms with Gasteiger partial charge >= 0.3 is 0 Å². The van der Waals surface area contributed by atoms with Crippen molar-refractivity contribution < 1.29 is 13.5 Å². The number of nitrogens with two attached hydrogens (primary N) is 1. The minimum atomic E-state index is -3.17. The van der Waals surface area contributed by atoms with Crippen LogP contribution in [0.5, 0.6) is 0 Å². The average Bonchev–Trinajstić information content (AvgIpc) is 2.65. The number of guanidine groups is 1. The lowest BCUT2D eigenvalue weighted by molar-refractivity contribution is 0.132. The van der Waals surface area contributed by atoms with Crippen LogP contribution in [-0.2, 0) is 9.84 Å². The minimum Gasteiger partial charge on any atom is -0.393 e. The molecule has 4 atom stereocenters. The summed E-state index contributed by atoms with van der Waals surface area (Å²) in [6.45, 7) is 0.178. The van der Waals surface area contributed by atoms with Crippen molar-refractivity contribution in [3.8, 4) is 0 Å². The Labute approximate surface area is 94.6 Å². The van der Waals surface area contributed by atoms with Crippen LogP contribution in [0, 0.1) is 11.3 Å². The SMILES string of the molecule is N=C(N)NC[C@H]1CC2[C@H](O)CC[C@@H]2S1(=O)=O. The molecule has 2 aliphatic rings. The van der Waals surface area contributed by atoms with Crippen molar-refractivity contribution in [2.24, 2.45) is 11.7 Å². The molecule has 0 radical (unpaired) electrons. The molecule has 1 aliphatic heterocycles. The molecule has 92 valence electrons. The first-order valence-electron chi connectivity index (χ1n) is 5.41. The third-order valence-electron chi connectivity index (χ3n) is 3.66. The smallest absolute Gasteiger partial charge is 0.185 e. The van der Waals surface area contributed by atoms with Crippen LogP contribution in [0.3, 0.4) is 0 Å². The molecule has 2 fully saturated rings. The van der Waals surface area contributed by atoms with Crippen molar-refractivity contribution in [1.82, 2.24) is 5.32 Å². The highest BCUT2D eigenvalue weighted by atomic mass is 32.2. The number of hydrogen-bond acceptors (Lipinski definition) is 4. The topological polar surface area (TPSA) is 116 Å². The molecule has 0 aromatic rings. The number of nitrogens with one attached hydrogen (secondary N) is 2. The number of aliphatic hydroxyl groups is 1. The maximum Gasteiger partial charge on any atom is 0.185 e. The predicted octanol–water partition coefficient (Wildman–Crippen LogP) is -1.20. The van der Waals surface area contributed by atoms with Gasteiger partial charge in [0.25, 0.3) is 0 Å². The van der Waals surface area contributed by atoms with Crippen LogP contribution in [0.2, 0.25) is 0 Å². The molecular formula is C9H17N3O3S. The van der Waals surface area contributed by atoms with Gasteiger partial charge in [0.1, 0.15) is 0 Å². The van der Waals surface area contributed by atoms with E-state index in [0.29, 0.717) is 19.3 Å². The Morgan fingerprint density at radius 3 is 2.75 bits per heavy atom. The molecule has 1 aliphatic carbocycles. The molecule has 6 nitrogen and oxygen atoms in total. The van der Waals surface area contributed by atoms with E-state index in [1.54, 1.807) is 0 Å². The summed E-state index contributed by atoms with van der Waals surface area (Å²) in [5.74, 6) is -0.337. The normalized spacial score (nSPS) is 40.6. The summed E-state index contributed by atoms with van der Waals surface area (Å²) in [7, 11) is -3.17. The summed E-state index contributed by atoms with van der Waals surface area (Å²) < 4.78 is 24.1. The summed E-state index contributed by atoms with van der Waals surface area (Å²) >= 11 is 0. The van der Waals surface area contributed by atoms with Crippen molar-refractivity contribution in [1.29, 1.82) is 5.41 Å². The van der Waals surface area contributed by atoms with Gasteiger partial charge < -0.3 is 16.2 Å². The number of rotatable bonds is 2. The standard InChI is InChI=1S/C9H17N3O3S/c10-9(11)12-4-5-3-6-7(13)1-2-8(6)16(5,14)15/h5-8,13H,1-4H2,(H4,10,11,12)/t5-,6?,7-,8+/m1/s1. The maximum atomic E-state index is 12.1. The summed E-state index contributed by atoms with van der Waals surface area (Å²) in [4.78, 5) is 0. The second-order valence-corrected chi connectivity index (χ2v) is 7.04. The molecule has 5 N–H and O–H groups in total. The molecular weight excluding hydrogens is 230 g/mol. The third kappa shape index (κ3) is 1.78. The van der Waals surface area contributed by atoms with E-state index in [9.17, 15) is 13.5 Å². The number of hydrogen-bond donors (Lipinski definition) is 4. The van der Waals surface area contributed by atoms with Gasteiger partial charge in [0.05, 0.1) is 16.6 Å². The van der Waals surface area contributed by atoms with Crippen molar-refractivity contribution in [2.45, 2.75) is 35.9 Å². The summed E-state index contributed by atoms with van der Waals surface area (Å²) in [6, 6.07) is 0. The highest BCUT2D eigenvalue weighted by molar-refractivity contribution is 7.93. The molecule has 1 saturated carbocycles. The lowest BCUT2D eigenvalue weighted by Gasteiger charge is -2.13. The average molecular weight is 247 g/mol. The Balaban J connectivity index is 2.10. The second-order valence-electron chi connectivity index (χ2n) is 4.59. The van der Waals surface area contributed by atoms with Crippen molar-refractivity contribution in [2.75, 3.05) is 6.54 Å². The van der Waals surface area contributed by atoms with Gasteiger partial charge in [0.2, 0.25) is 0 Å². The Morgan fingerprint density at radius 1 is 1.50 bits per heavy atom. The van der Waals surface area contributed by atoms with E-state index in [1.165, 1.54) is 0 Å². The van der Waals surface area contributed by atoms with Crippen molar-refractivity contribution >= 4 is 15.8 Å². The fourth-order valence-electron chi connectivity index (χ4n) is 2.84. The highest BCUT2D eigenvalue weighted by Crippen LogP contribution is 2.43. The van der Waals surface area contributed by atoms with Gasteiger partial charge in [-0.25, -0.2) is 8.42 Å². The molecule has 2 rings (SSSR count). The lowest BCUT2D eigenvalue weighted by atomic mass is 10.00. The van der Waals surface area contributed by atoms with E-state index in [4.69, 9.17) is 11.1 Å². The molecule has 0 aromatic heterocycles. The predicted molar refractivity (Wildman–Crippen MR) is 59.8 cm³/mol. The first-order valence-corrected chi connectivity index (χ1v) is 7.02. The number of fused-ring (bicyclic) bond motifs is 1. The zero-order chi connectivity index (χ0) is 11.9. The highest BCUT2D eigenvalue weighted by Gasteiger charge is 2.52. The molecule has 1 unspecified atom stereocenters. The lowest BCUT2D eigenvalue weighted by Crippen LogP contribution is -2.39. The van der Waals surface area contributed by atoms with E-state index in [-0.39, 0.29) is 23.7 Å². The molecule has 0 aromatic carbocycles. The maximum absolute atomic E-state index is 12.1. The monoisotopic (exact) mass is 247 g/mol. The molecule has 1 heterocycles. The van der Waals surface area contributed by atoms with Crippen LogP contribution in [-0.4, -0.2) is 42.6 Å². The van der Waals surface area contributed by atoms with Gasteiger partial charge in [-0.2, -0.15) is 0 Å². The quantitative estimate of drug-likeness (QED) is 0.361. The van der Waals surface area contributed by atoms with E-state index in [1.807, 2.05) is 0 Å². The Kier molecular flexibility index (Phi) is 2.83. The summed E-state index contributed by atoms with van der Waals surface area (Å²) in [5.41, 5.74) is 5.13. The summed E-state index contributed by atoms with van der Waals surface area (Å²) in [5, 5.41) is 18.3. The zero-order valence-electron chi connectivity index (χ0n) is 8.89. The molecule has 0 amide bonds. The second kappa shape index (κ2) is 3.89. The van der Waals surface area contributed by atoms with Crippen LogP contribution in [0.4, 0.5) is 0 Å². The van der Waals surface area contributed by atoms with Crippen LogP contribution >= 0.6 is 0 Å². The van der Waals surface area contributed by atoms with Gasteiger partial charge in [-0.05, 0) is 19.3 Å². The molecule has 1 saturated heterocycles. The van der Waals surface area contributed by atoms with Gasteiger partial charge in [-0.3, -0.25) is 5.41 Å². The van der Waals surface area contributed by atoms with Crippen molar-refractivity contribution in [3.05, 3.63) is 0 Å². The van der Waals surface area contributed by atoms with E-state index in [2.05, 4.69) is 5.32 Å². The van der Waals surface area contributed by atoms with Crippen LogP contribution in [0.15, 0.2) is 0 Å². The minimum absolute atomic E-state index is 0.122. The van der Waals surface area contributed by atoms with Gasteiger partial charge in [-0.15, -0.1) is 0 Å². The van der Waals surface area contributed by atoms with Gasteiger partial charge in [-0.1, -0.05) is 0 Å². The number of sulfone groups is 1. The fraction of sp³-hybridized carbons (Fsp3) is 0.889. The Hall–Kier alpha value is -0.820.